The molecule has 4 rings (SSSR count). The molecule has 0 aromatic heterocycles. The van der Waals surface area contributed by atoms with Crippen LogP contribution in [0.5, 0.6) is 0 Å². The maximum Gasteiger partial charge on any atom is 0.303 e. The van der Waals surface area contributed by atoms with E-state index in [4.69, 9.17) is 5.11 Å². The summed E-state index contributed by atoms with van der Waals surface area (Å²) in [5, 5.41) is 20.3. The van der Waals surface area contributed by atoms with Gasteiger partial charge in [0, 0.05) is 6.42 Å². The number of hydrogen-bond acceptors (Lipinski definition) is 2. The average Bonchev–Trinajstić information content (AvgIpc) is 2.97. The van der Waals surface area contributed by atoms with Gasteiger partial charge in [0.2, 0.25) is 0 Å². The van der Waals surface area contributed by atoms with Crippen molar-refractivity contribution in [1.82, 2.24) is 0 Å². The zero-order valence-corrected chi connectivity index (χ0v) is 17.6. The van der Waals surface area contributed by atoms with E-state index in [0.29, 0.717) is 46.8 Å². The molecule has 27 heavy (non-hydrogen) atoms. The summed E-state index contributed by atoms with van der Waals surface area (Å²) < 4.78 is 0. The summed E-state index contributed by atoms with van der Waals surface area (Å²) in [4.78, 5) is 11.0. The normalized spacial score (nSPS) is 50.4. The van der Waals surface area contributed by atoms with Crippen molar-refractivity contribution < 1.29 is 15.0 Å². The highest BCUT2D eigenvalue weighted by molar-refractivity contribution is 5.66. The van der Waals surface area contributed by atoms with E-state index in [9.17, 15) is 9.90 Å². The highest BCUT2D eigenvalue weighted by Gasteiger charge is 2.62. The number of hydrogen-bond donors (Lipinski definition) is 2. The summed E-state index contributed by atoms with van der Waals surface area (Å²) >= 11 is 0. The van der Waals surface area contributed by atoms with Gasteiger partial charge in [0.15, 0.2) is 0 Å². The van der Waals surface area contributed by atoms with Crippen LogP contribution in [0.4, 0.5) is 0 Å². The maximum absolute atomic E-state index is 11.2. The van der Waals surface area contributed by atoms with Crippen molar-refractivity contribution in [1.29, 1.82) is 0 Å². The Bertz CT molecular complexity index is 574. The first-order valence-corrected chi connectivity index (χ1v) is 11.7. The molecule has 2 N–H and O–H groups in total. The minimum absolute atomic E-state index is 0.108. The lowest BCUT2D eigenvalue weighted by Crippen LogP contribution is -2.57. The minimum Gasteiger partial charge on any atom is -0.481 e. The fourth-order valence-corrected chi connectivity index (χ4v) is 8.78. The molecule has 0 saturated heterocycles. The van der Waals surface area contributed by atoms with Crippen LogP contribution in [0, 0.1) is 46.3 Å². The van der Waals surface area contributed by atoms with E-state index in [0.717, 1.165) is 18.8 Å². The molecule has 0 aromatic carbocycles. The number of rotatable bonds is 4. The Morgan fingerprint density at radius 1 is 1.04 bits per heavy atom. The number of aliphatic hydroxyl groups is 1. The number of aliphatic hydroxyl groups excluding tert-OH is 1. The number of aliphatic carboxylic acids is 1. The van der Waals surface area contributed by atoms with Gasteiger partial charge in [-0.25, -0.2) is 0 Å². The second kappa shape index (κ2) is 7.04. The van der Waals surface area contributed by atoms with E-state index in [1.807, 2.05) is 0 Å². The van der Waals surface area contributed by atoms with Gasteiger partial charge in [-0.3, -0.25) is 4.79 Å². The first kappa shape index (κ1) is 19.7. The van der Waals surface area contributed by atoms with Crippen molar-refractivity contribution >= 4 is 5.97 Å². The number of carboxylic acids is 1. The van der Waals surface area contributed by atoms with Gasteiger partial charge in [-0.05, 0) is 97.7 Å². The molecule has 4 saturated carbocycles. The van der Waals surface area contributed by atoms with Crippen molar-refractivity contribution in [3.63, 3.8) is 0 Å². The molecular weight excluding hydrogens is 336 g/mol. The lowest BCUT2D eigenvalue weighted by atomic mass is 9.44. The van der Waals surface area contributed by atoms with Gasteiger partial charge in [-0.1, -0.05) is 33.6 Å². The van der Waals surface area contributed by atoms with Gasteiger partial charge < -0.3 is 10.2 Å². The topological polar surface area (TPSA) is 57.5 Å². The second-order valence-electron chi connectivity index (χ2n) is 11.2. The third-order valence-electron chi connectivity index (χ3n) is 10.2. The van der Waals surface area contributed by atoms with Gasteiger partial charge in [0.25, 0.3) is 0 Å². The molecule has 0 radical (unpaired) electrons. The SMILES string of the molecule is C[C@H](CCC(=O)O)C1CCC2C3C(CCC21C)[C@@]1(C)CCCC[C@H]1C[C@@H]3O. The lowest BCUT2D eigenvalue weighted by Gasteiger charge is -2.62. The highest BCUT2D eigenvalue weighted by atomic mass is 16.4. The zero-order valence-electron chi connectivity index (χ0n) is 17.6. The first-order chi connectivity index (χ1) is 12.8. The van der Waals surface area contributed by atoms with Gasteiger partial charge in [-0.2, -0.15) is 0 Å². The Morgan fingerprint density at radius 2 is 1.78 bits per heavy atom. The zero-order chi connectivity index (χ0) is 19.4. The Labute approximate surface area is 165 Å². The molecule has 0 bridgehead atoms. The Morgan fingerprint density at radius 3 is 2.52 bits per heavy atom. The van der Waals surface area contributed by atoms with Gasteiger partial charge in [-0.15, -0.1) is 0 Å². The summed E-state index contributed by atoms with van der Waals surface area (Å²) in [6.45, 7) is 7.33. The van der Waals surface area contributed by atoms with Gasteiger partial charge in [0.05, 0.1) is 6.10 Å². The van der Waals surface area contributed by atoms with Crippen LogP contribution >= 0.6 is 0 Å². The van der Waals surface area contributed by atoms with Crippen LogP contribution < -0.4 is 0 Å². The molecule has 4 aliphatic rings. The number of carbonyl (C=O) groups is 1. The molecule has 4 aliphatic carbocycles. The molecule has 4 fully saturated rings. The Kier molecular flexibility index (Phi) is 5.15. The molecule has 154 valence electrons. The van der Waals surface area contributed by atoms with E-state index in [2.05, 4.69) is 20.8 Å². The molecule has 0 heterocycles. The summed E-state index contributed by atoms with van der Waals surface area (Å²) in [7, 11) is 0. The molecular formula is C24H40O3. The second-order valence-corrected chi connectivity index (χ2v) is 11.2. The minimum atomic E-state index is -0.663. The molecule has 0 amide bonds. The van der Waals surface area contributed by atoms with Crippen molar-refractivity contribution in [3.8, 4) is 0 Å². The molecule has 3 nitrogen and oxygen atoms in total. The predicted molar refractivity (Wildman–Crippen MR) is 107 cm³/mol. The standard InChI is InChI=1S/C24H40O3/c1-15(7-10-21(26)27)17-8-9-18-22-19(11-13-24(17,18)3)23(2)12-5-4-6-16(23)14-20(22)25/h15-20,22,25H,4-14H2,1-3H3,(H,26,27)/t15-,16+,17?,18?,19?,20+,22?,23+,24?/m1/s1. The lowest BCUT2D eigenvalue weighted by molar-refractivity contribution is -0.164. The first-order valence-electron chi connectivity index (χ1n) is 11.7. The Hall–Kier alpha value is -0.570. The third kappa shape index (κ3) is 3.07. The van der Waals surface area contributed by atoms with Crippen LogP contribution in [0.1, 0.15) is 91.4 Å². The Balaban J connectivity index is 1.56. The quantitative estimate of drug-likeness (QED) is 0.680. The smallest absolute Gasteiger partial charge is 0.303 e. The summed E-state index contributed by atoms with van der Waals surface area (Å²) in [6, 6.07) is 0. The van der Waals surface area contributed by atoms with Crippen molar-refractivity contribution in [2.75, 3.05) is 0 Å². The number of fused-ring (bicyclic) bond motifs is 5. The summed E-state index contributed by atoms with van der Waals surface area (Å²) in [6.07, 6.45) is 12.5. The molecule has 5 unspecified atom stereocenters. The highest BCUT2D eigenvalue weighted by Crippen LogP contribution is 2.68. The monoisotopic (exact) mass is 376 g/mol. The van der Waals surface area contributed by atoms with Crippen molar-refractivity contribution in [3.05, 3.63) is 0 Å². The maximum atomic E-state index is 11.2. The van der Waals surface area contributed by atoms with Crippen LogP contribution in [0.3, 0.4) is 0 Å². The van der Waals surface area contributed by atoms with Crippen LogP contribution in [-0.2, 0) is 4.79 Å². The molecule has 0 spiro atoms. The molecule has 0 aromatic rings. The van der Waals surface area contributed by atoms with E-state index in [1.165, 1.54) is 51.4 Å². The average molecular weight is 377 g/mol. The van der Waals surface area contributed by atoms with Crippen LogP contribution in [0.15, 0.2) is 0 Å². The molecule has 9 atom stereocenters. The molecule has 3 heteroatoms. The van der Waals surface area contributed by atoms with E-state index < -0.39 is 5.97 Å². The van der Waals surface area contributed by atoms with Gasteiger partial charge in [0.1, 0.15) is 0 Å². The largest absolute Gasteiger partial charge is 0.481 e. The van der Waals surface area contributed by atoms with E-state index in [-0.39, 0.29) is 6.10 Å². The summed E-state index contributed by atoms with van der Waals surface area (Å²) in [5.74, 6) is 3.02. The third-order valence-corrected chi connectivity index (χ3v) is 10.2. The van der Waals surface area contributed by atoms with Crippen LogP contribution in [0.2, 0.25) is 0 Å². The van der Waals surface area contributed by atoms with Crippen molar-refractivity contribution in [2.45, 2.75) is 97.5 Å². The fourth-order valence-electron chi connectivity index (χ4n) is 8.78. The number of carboxylic acid groups (broad SMARTS) is 1. The predicted octanol–water partition coefficient (Wildman–Crippen LogP) is 5.51. The van der Waals surface area contributed by atoms with Crippen LogP contribution in [-0.4, -0.2) is 22.3 Å². The van der Waals surface area contributed by atoms with Gasteiger partial charge >= 0.3 is 5.97 Å². The van der Waals surface area contributed by atoms with Crippen molar-refractivity contribution in [2.24, 2.45) is 46.3 Å². The fraction of sp³-hybridized carbons (Fsp3) is 0.958. The van der Waals surface area contributed by atoms with E-state index >= 15 is 0 Å². The van der Waals surface area contributed by atoms with Crippen LogP contribution in [0.25, 0.3) is 0 Å². The van der Waals surface area contributed by atoms with E-state index in [1.54, 1.807) is 0 Å². The summed E-state index contributed by atoms with van der Waals surface area (Å²) in [5.41, 5.74) is 0.758. The molecule has 0 aliphatic heterocycles.